The highest BCUT2D eigenvalue weighted by atomic mass is 79.9. The van der Waals surface area contributed by atoms with Gasteiger partial charge in [-0.1, -0.05) is 0 Å². The summed E-state index contributed by atoms with van der Waals surface area (Å²) in [6, 6.07) is 1.90. The number of methoxy groups -OCH3 is 1. The van der Waals surface area contributed by atoms with Gasteiger partial charge in [-0.2, -0.15) is 13.2 Å². The molecule has 0 bridgehead atoms. The van der Waals surface area contributed by atoms with E-state index in [0.717, 1.165) is 19.2 Å². The van der Waals surface area contributed by atoms with Crippen LogP contribution in [-0.4, -0.2) is 12.0 Å². The molecule has 0 saturated carbocycles. The van der Waals surface area contributed by atoms with Gasteiger partial charge in [0.05, 0.1) is 16.5 Å². The summed E-state index contributed by atoms with van der Waals surface area (Å²) < 4.78 is 42.4. The Hall–Kier alpha value is -1.31. The molecule has 0 aliphatic rings. The molecule has 1 aromatic rings. The van der Waals surface area contributed by atoms with E-state index in [2.05, 4.69) is 20.7 Å². The van der Waals surface area contributed by atoms with Gasteiger partial charge in [-0.25, -0.2) is 0 Å². The number of benzene rings is 1. The van der Waals surface area contributed by atoms with E-state index in [1.165, 1.54) is 0 Å². The molecule has 0 heterocycles. The summed E-state index contributed by atoms with van der Waals surface area (Å²) in [5, 5.41) is 10.5. The molecule has 88 valence electrons. The largest absolute Gasteiger partial charge is 0.495 e. The van der Waals surface area contributed by atoms with Crippen LogP contribution in [0.15, 0.2) is 16.6 Å². The minimum atomic E-state index is -4.85. The van der Waals surface area contributed by atoms with E-state index in [4.69, 9.17) is 0 Å². The van der Waals surface area contributed by atoms with Crippen LogP contribution in [-0.2, 0) is 6.18 Å². The molecular formula is C8H5BrF3NO3. The predicted molar refractivity (Wildman–Crippen MR) is 52.4 cm³/mol. The average Bonchev–Trinajstić information content (AvgIpc) is 2.15. The van der Waals surface area contributed by atoms with Crippen molar-refractivity contribution in [3.63, 3.8) is 0 Å². The molecule has 0 amide bonds. The van der Waals surface area contributed by atoms with Crippen molar-refractivity contribution in [2.24, 2.45) is 0 Å². The maximum atomic E-state index is 12.6. The fourth-order valence-electron chi connectivity index (χ4n) is 1.17. The van der Waals surface area contributed by atoms with Gasteiger partial charge in [-0.05, 0) is 22.0 Å². The molecule has 0 atom stereocenters. The van der Waals surface area contributed by atoms with Gasteiger partial charge in [0.25, 0.3) is 5.69 Å². The van der Waals surface area contributed by atoms with E-state index < -0.39 is 28.1 Å². The minimum Gasteiger partial charge on any atom is -0.495 e. The van der Waals surface area contributed by atoms with E-state index >= 15 is 0 Å². The third-order valence-electron chi connectivity index (χ3n) is 1.77. The van der Waals surface area contributed by atoms with Gasteiger partial charge in [-0.3, -0.25) is 10.1 Å². The van der Waals surface area contributed by atoms with Crippen molar-refractivity contribution in [3.05, 3.63) is 32.3 Å². The van der Waals surface area contributed by atoms with Gasteiger partial charge in [0.15, 0.2) is 11.3 Å². The molecule has 0 unspecified atom stereocenters. The van der Waals surface area contributed by atoms with Crippen molar-refractivity contribution >= 4 is 21.6 Å². The Bertz CT molecular complexity index is 433. The quantitative estimate of drug-likeness (QED) is 0.621. The summed E-state index contributed by atoms with van der Waals surface area (Å²) >= 11 is 2.84. The highest BCUT2D eigenvalue weighted by Crippen LogP contribution is 2.45. The van der Waals surface area contributed by atoms with Crippen LogP contribution in [0.25, 0.3) is 0 Å². The predicted octanol–water partition coefficient (Wildman–Crippen LogP) is 3.38. The number of ether oxygens (including phenoxy) is 1. The molecule has 0 N–H and O–H groups in total. The Morgan fingerprint density at radius 2 is 2.00 bits per heavy atom. The highest BCUT2D eigenvalue weighted by molar-refractivity contribution is 9.10. The lowest BCUT2D eigenvalue weighted by atomic mass is 10.1. The molecule has 1 aromatic carbocycles. The summed E-state index contributed by atoms with van der Waals surface area (Å²) in [6.07, 6.45) is -4.85. The molecule has 0 spiro atoms. The first-order valence-corrected chi connectivity index (χ1v) is 4.66. The number of nitro groups is 1. The molecular weight excluding hydrogens is 295 g/mol. The molecule has 0 saturated heterocycles. The number of alkyl halides is 3. The van der Waals surface area contributed by atoms with Gasteiger partial charge in [0.1, 0.15) is 0 Å². The van der Waals surface area contributed by atoms with Crippen molar-refractivity contribution in [2.75, 3.05) is 7.11 Å². The van der Waals surface area contributed by atoms with Crippen LogP contribution in [0.4, 0.5) is 18.9 Å². The molecule has 0 aromatic heterocycles. The summed E-state index contributed by atoms with van der Waals surface area (Å²) in [5.41, 5.74) is -2.43. The van der Waals surface area contributed by atoms with Crippen LogP contribution < -0.4 is 4.74 Å². The van der Waals surface area contributed by atoms with E-state index in [-0.39, 0.29) is 4.47 Å². The lowest BCUT2D eigenvalue weighted by Gasteiger charge is -2.13. The van der Waals surface area contributed by atoms with Crippen molar-refractivity contribution in [1.29, 1.82) is 0 Å². The van der Waals surface area contributed by atoms with Crippen LogP contribution in [0.5, 0.6) is 5.75 Å². The lowest BCUT2D eigenvalue weighted by Crippen LogP contribution is -2.11. The SMILES string of the molecule is COc1c(Br)ccc([N+](=O)[O-])c1C(F)(F)F. The van der Waals surface area contributed by atoms with Crippen LogP contribution in [0.3, 0.4) is 0 Å². The standard InChI is InChI=1S/C8H5BrF3NO3/c1-16-7-4(9)2-3-5(13(14)15)6(7)8(10,11)12/h2-3H,1H3. The maximum Gasteiger partial charge on any atom is 0.426 e. The monoisotopic (exact) mass is 299 g/mol. The molecule has 0 aliphatic heterocycles. The molecule has 1 rings (SSSR count). The van der Waals surface area contributed by atoms with Crippen LogP contribution in [0, 0.1) is 10.1 Å². The maximum absolute atomic E-state index is 12.6. The Balaban J connectivity index is 3.61. The highest BCUT2D eigenvalue weighted by Gasteiger charge is 2.42. The fourth-order valence-corrected chi connectivity index (χ4v) is 1.66. The first-order chi connectivity index (χ1) is 7.29. The second-order valence-corrected chi connectivity index (χ2v) is 3.58. The van der Waals surface area contributed by atoms with Gasteiger partial charge in [-0.15, -0.1) is 0 Å². The van der Waals surface area contributed by atoms with Crippen molar-refractivity contribution in [1.82, 2.24) is 0 Å². The Kier molecular flexibility index (Phi) is 3.41. The van der Waals surface area contributed by atoms with E-state index in [9.17, 15) is 23.3 Å². The van der Waals surface area contributed by atoms with Crippen LogP contribution in [0.1, 0.15) is 5.56 Å². The van der Waals surface area contributed by atoms with E-state index in [0.29, 0.717) is 0 Å². The Morgan fingerprint density at radius 1 is 1.44 bits per heavy atom. The Morgan fingerprint density at radius 3 is 2.38 bits per heavy atom. The zero-order chi connectivity index (χ0) is 12.5. The number of nitrogens with zero attached hydrogens (tertiary/aromatic N) is 1. The summed E-state index contributed by atoms with van der Waals surface area (Å²) in [6.45, 7) is 0. The van der Waals surface area contributed by atoms with Gasteiger partial charge in [0.2, 0.25) is 0 Å². The normalized spacial score (nSPS) is 11.3. The first kappa shape index (κ1) is 12.8. The Labute approximate surface area is 96.3 Å². The zero-order valence-electron chi connectivity index (χ0n) is 7.84. The fraction of sp³-hybridized carbons (Fsp3) is 0.250. The second-order valence-electron chi connectivity index (χ2n) is 2.73. The van der Waals surface area contributed by atoms with Crippen molar-refractivity contribution in [3.8, 4) is 5.75 Å². The van der Waals surface area contributed by atoms with E-state index in [1.54, 1.807) is 0 Å². The van der Waals surface area contributed by atoms with Gasteiger partial charge in [0, 0.05) is 6.07 Å². The van der Waals surface area contributed by atoms with Crippen LogP contribution >= 0.6 is 15.9 Å². The summed E-state index contributed by atoms with van der Waals surface area (Å²) in [7, 11) is 1.01. The minimum absolute atomic E-state index is 0.00734. The van der Waals surface area contributed by atoms with Gasteiger partial charge < -0.3 is 4.74 Å². The number of hydrogen-bond donors (Lipinski definition) is 0. The third kappa shape index (κ3) is 2.26. The molecule has 16 heavy (non-hydrogen) atoms. The summed E-state index contributed by atoms with van der Waals surface area (Å²) in [4.78, 5) is 9.38. The smallest absolute Gasteiger partial charge is 0.426 e. The number of nitro benzene ring substituents is 1. The van der Waals surface area contributed by atoms with Crippen molar-refractivity contribution < 1.29 is 22.8 Å². The average molecular weight is 300 g/mol. The van der Waals surface area contributed by atoms with Crippen molar-refractivity contribution in [2.45, 2.75) is 6.18 Å². The third-order valence-corrected chi connectivity index (χ3v) is 2.40. The molecule has 4 nitrogen and oxygen atoms in total. The van der Waals surface area contributed by atoms with E-state index in [1.807, 2.05) is 0 Å². The zero-order valence-corrected chi connectivity index (χ0v) is 9.42. The molecule has 8 heteroatoms. The lowest BCUT2D eigenvalue weighted by molar-refractivity contribution is -0.388. The van der Waals surface area contributed by atoms with Crippen LogP contribution in [0.2, 0.25) is 0 Å². The number of hydrogen-bond acceptors (Lipinski definition) is 3. The second kappa shape index (κ2) is 4.28. The van der Waals surface area contributed by atoms with Gasteiger partial charge >= 0.3 is 6.18 Å². The molecule has 0 radical (unpaired) electrons. The number of rotatable bonds is 2. The summed E-state index contributed by atoms with van der Waals surface area (Å²) in [5.74, 6) is -0.596. The number of halogens is 4. The first-order valence-electron chi connectivity index (χ1n) is 3.87. The molecule has 0 fully saturated rings. The molecule has 0 aliphatic carbocycles. The topological polar surface area (TPSA) is 52.4 Å².